The molecule has 0 spiro atoms. The van der Waals surface area contributed by atoms with E-state index in [9.17, 15) is 19.2 Å². The number of likely N-dealkylation sites (tertiary alicyclic amines) is 1. The molecule has 3 rings (SSSR count). The van der Waals surface area contributed by atoms with E-state index in [0.29, 0.717) is 29.3 Å². The number of benzene rings is 1. The van der Waals surface area contributed by atoms with Gasteiger partial charge < -0.3 is 14.8 Å². The zero-order valence-corrected chi connectivity index (χ0v) is 16.6. The second-order valence-corrected chi connectivity index (χ2v) is 7.22. The van der Waals surface area contributed by atoms with Crippen LogP contribution in [-0.4, -0.2) is 48.9 Å². The molecule has 154 valence electrons. The Bertz CT molecular complexity index is 843. The number of hydrogen-bond acceptors (Lipinski definition) is 6. The highest BCUT2D eigenvalue weighted by molar-refractivity contribution is 6.31. The van der Waals surface area contributed by atoms with Crippen LogP contribution in [-0.2, 0) is 23.9 Å². The first-order valence-corrected chi connectivity index (χ1v) is 9.57. The number of nitrogens with zero attached hydrogens (tertiary/aromatic N) is 1. The number of carbonyl (C=O) groups excluding carboxylic acids is 4. The van der Waals surface area contributed by atoms with Gasteiger partial charge in [-0.3, -0.25) is 24.1 Å². The van der Waals surface area contributed by atoms with E-state index in [0.717, 1.165) is 4.90 Å². The number of nitrogens with one attached hydrogen (secondary N) is 1. The molecule has 0 radical (unpaired) electrons. The molecule has 9 heteroatoms. The standard InChI is InChI=1S/C20H21ClN2O6/c1-28-16-7-6-12(21)10-15(16)22-17(24)11-29-18(25)8-9-23-19(26)13-4-2-3-5-14(13)20(23)27/h2-3,6-7,10,13-14H,4-5,8-9,11H2,1H3,(H,22,24)/t13-,14-/m1/s1. The zero-order chi connectivity index (χ0) is 21.0. The summed E-state index contributed by atoms with van der Waals surface area (Å²) in [5, 5.41) is 2.96. The number of esters is 1. The molecule has 1 aromatic carbocycles. The number of ether oxygens (including phenoxy) is 2. The van der Waals surface area contributed by atoms with Gasteiger partial charge in [-0.05, 0) is 31.0 Å². The first kappa shape index (κ1) is 20.9. The third-order valence-corrected chi connectivity index (χ3v) is 5.17. The van der Waals surface area contributed by atoms with Crippen LogP contribution in [0.2, 0.25) is 5.02 Å². The molecule has 8 nitrogen and oxygen atoms in total. The summed E-state index contributed by atoms with van der Waals surface area (Å²) in [7, 11) is 1.45. The highest BCUT2D eigenvalue weighted by atomic mass is 35.5. The lowest BCUT2D eigenvalue weighted by Crippen LogP contribution is -2.33. The molecule has 2 atom stereocenters. The summed E-state index contributed by atoms with van der Waals surface area (Å²) in [5.74, 6) is -1.98. The van der Waals surface area contributed by atoms with Crippen molar-refractivity contribution in [3.8, 4) is 5.75 Å². The Morgan fingerprint density at radius 1 is 1.17 bits per heavy atom. The van der Waals surface area contributed by atoms with Crippen LogP contribution < -0.4 is 10.1 Å². The Morgan fingerprint density at radius 2 is 1.83 bits per heavy atom. The lowest BCUT2D eigenvalue weighted by atomic mass is 9.85. The number of hydrogen-bond donors (Lipinski definition) is 1. The van der Waals surface area contributed by atoms with Crippen molar-refractivity contribution in [2.45, 2.75) is 19.3 Å². The highest BCUT2D eigenvalue weighted by Crippen LogP contribution is 2.35. The van der Waals surface area contributed by atoms with E-state index in [4.69, 9.17) is 21.1 Å². The smallest absolute Gasteiger partial charge is 0.308 e. The largest absolute Gasteiger partial charge is 0.495 e. The van der Waals surface area contributed by atoms with Gasteiger partial charge in [-0.15, -0.1) is 0 Å². The van der Waals surface area contributed by atoms with Crippen molar-refractivity contribution >= 4 is 41.0 Å². The molecule has 1 aromatic rings. The molecule has 1 fully saturated rings. The summed E-state index contributed by atoms with van der Waals surface area (Å²) in [5.41, 5.74) is 0.352. The number of carbonyl (C=O) groups is 4. The van der Waals surface area contributed by atoms with Gasteiger partial charge in [0.1, 0.15) is 5.75 Å². The maximum Gasteiger partial charge on any atom is 0.308 e. The minimum absolute atomic E-state index is 0.0484. The van der Waals surface area contributed by atoms with Crippen molar-refractivity contribution in [2.75, 3.05) is 25.6 Å². The summed E-state index contributed by atoms with van der Waals surface area (Å²) in [6, 6.07) is 4.73. The minimum Gasteiger partial charge on any atom is -0.495 e. The van der Waals surface area contributed by atoms with E-state index in [1.807, 2.05) is 12.2 Å². The summed E-state index contributed by atoms with van der Waals surface area (Å²) in [6.07, 6.45) is 4.72. The summed E-state index contributed by atoms with van der Waals surface area (Å²) in [6.45, 7) is -0.557. The predicted octanol–water partition coefficient (Wildman–Crippen LogP) is 2.17. The number of fused-ring (bicyclic) bond motifs is 1. The topological polar surface area (TPSA) is 102 Å². The van der Waals surface area contributed by atoms with Crippen molar-refractivity contribution in [1.82, 2.24) is 4.90 Å². The summed E-state index contributed by atoms with van der Waals surface area (Å²) in [4.78, 5) is 49.8. The lowest BCUT2D eigenvalue weighted by Gasteiger charge is -2.14. The monoisotopic (exact) mass is 420 g/mol. The molecule has 0 saturated carbocycles. The maximum atomic E-state index is 12.4. The normalized spacial score (nSPS) is 20.4. The van der Waals surface area contributed by atoms with E-state index in [2.05, 4.69) is 5.32 Å². The SMILES string of the molecule is COc1ccc(Cl)cc1NC(=O)COC(=O)CCN1C(=O)[C@@H]2CC=CC[C@H]2C1=O. The van der Waals surface area contributed by atoms with Crippen LogP contribution in [0.15, 0.2) is 30.4 Å². The number of methoxy groups -OCH3 is 1. The van der Waals surface area contributed by atoms with Crippen molar-refractivity contribution in [1.29, 1.82) is 0 Å². The maximum absolute atomic E-state index is 12.4. The van der Waals surface area contributed by atoms with Crippen molar-refractivity contribution in [3.05, 3.63) is 35.4 Å². The van der Waals surface area contributed by atoms with Crippen LogP contribution in [0, 0.1) is 11.8 Å². The van der Waals surface area contributed by atoms with E-state index < -0.39 is 18.5 Å². The van der Waals surface area contributed by atoms with Crippen LogP contribution in [0.5, 0.6) is 5.75 Å². The zero-order valence-electron chi connectivity index (χ0n) is 15.9. The molecule has 1 N–H and O–H groups in total. The first-order valence-electron chi connectivity index (χ1n) is 9.20. The van der Waals surface area contributed by atoms with Gasteiger partial charge in [0.2, 0.25) is 11.8 Å². The fourth-order valence-electron chi connectivity index (χ4n) is 3.47. The van der Waals surface area contributed by atoms with E-state index in [-0.39, 0.29) is 36.6 Å². The molecule has 29 heavy (non-hydrogen) atoms. The first-order chi connectivity index (χ1) is 13.9. The van der Waals surface area contributed by atoms with Crippen LogP contribution in [0.1, 0.15) is 19.3 Å². The van der Waals surface area contributed by atoms with Crippen molar-refractivity contribution in [3.63, 3.8) is 0 Å². The number of allylic oxidation sites excluding steroid dienone is 2. The quantitative estimate of drug-likeness (QED) is 0.412. The number of imide groups is 1. The molecule has 0 aromatic heterocycles. The van der Waals surface area contributed by atoms with E-state index in [1.165, 1.54) is 13.2 Å². The van der Waals surface area contributed by atoms with Crippen LogP contribution >= 0.6 is 11.6 Å². The second-order valence-electron chi connectivity index (χ2n) is 6.79. The van der Waals surface area contributed by atoms with Gasteiger partial charge in [0, 0.05) is 11.6 Å². The van der Waals surface area contributed by atoms with Crippen LogP contribution in [0.3, 0.4) is 0 Å². The molecular formula is C20H21ClN2O6. The van der Waals surface area contributed by atoms with Crippen molar-refractivity contribution < 1.29 is 28.7 Å². The van der Waals surface area contributed by atoms with Gasteiger partial charge in [0.25, 0.3) is 5.91 Å². The molecule has 0 unspecified atom stereocenters. The van der Waals surface area contributed by atoms with Gasteiger partial charge in [0.15, 0.2) is 6.61 Å². The molecule has 1 saturated heterocycles. The molecule has 2 aliphatic rings. The Labute approximate surface area is 172 Å². The Balaban J connectivity index is 1.46. The summed E-state index contributed by atoms with van der Waals surface area (Å²) < 4.78 is 10.1. The van der Waals surface area contributed by atoms with E-state index >= 15 is 0 Å². The van der Waals surface area contributed by atoms with Gasteiger partial charge >= 0.3 is 5.97 Å². The lowest BCUT2D eigenvalue weighted by molar-refractivity contribution is -0.148. The summed E-state index contributed by atoms with van der Waals surface area (Å²) >= 11 is 5.90. The van der Waals surface area contributed by atoms with Gasteiger partial charge in [-0.2, -0.15) is 0 Å². The average Bonchev–Trinajstić information content (AvgIpc) is 2.95. The highest BCUT2D eigenvalue weighted by Gasteiger charge is 2.46. The number of amides is 3. The fraction of sp³-hybridized carbons (Fsp3) is 0.400. The van der Waals surface area contributed by atoms with Gasteiger partial charge in [-0.1, -0.05) is 23.8 Å². The van der Waals surface area contributed by atoms with Crippen molar-refractivity contribution in [2.24, 2.45) is 11.8 Å². The molecule has 1 aliphatic heterocycles. The minimum atomic E-state index is -0.674. The molecule has 0 bridgehead atoms. The van der Waals surface area contributed by atoms with Crippen LogP contribution in [0.4, 0.5) is 5.69 Å². The van der Waals surface area contributed by atoms with Crippen LogP contribution in [0.25, 0.3) is 0 Å². The fourth-order valence-corrected chi connectivity index (χ4v) is 3.65. The molecule has 1 aliphatic carbocycles. The third-order valence-electron chi connectivity index (χ3n) is 4.94. The molecule has 3 amide bonds. The Hall–Kier alpha value is -2.87. The third kappa shape index (κ3) is 4.76. The van der Waals surface area contributed by atoms with Gasteiger partial charge in [0.05, 0.1) is 31.1 Å². The van der Waals surface area contributed by atoms with E-state index in [1.54, 1.807) is 12.1 Å². The number of halogens is 1. The number of rotatable bonds is 7. The Kier molecular flexibility index (Phi) is 6.53. The molecule has 1 heterocycles. The molecular weight excluding hydrogens is 400 g/mol. The Morgan fingerprint density at radius 3 is 2.45 bits per heavy atom. The second kappa shape index (κ2) is 9.09. The van der Waals surface area contributed by atoms with Gasteiger partial charge in [-0.25, -0.2) is 0 Å². The predicted molar refractivity (Wildman–Crippen MR) is 104 cm³/mol. The number of anilines is 1. The average molecular weight is 421 g/mol.